The summed E-state index contributed by atoms with van der Waals surface area (Å²) in [6.07, 6.45) is 5.71. The topological polar surface area (TPSA) is 64.6 Å². The number of para-hydroxylation sites is 1. The lowest BCUT2D eigenvalue weighted by Gasteiger charge is -2.60. The number of carbonyl (C=O) groups is 2. The second kappa shape index (κ2) is 6.84. The Morgan fingerprint density at radius 1 is 1.15 bits per heavy atom. The standard InChI is InChI=1S/C22H29NO4/c1-3-26-19-7-5-4-6-18(19)13-27-20(25)21-9-16-8-17(10-21)12-22(11-16,14-21)23-15(2)24/h4-7,16-17H,3,8-14H2,1-2H3,(H,23,24). The van der Waals surface area contributed by atoms with Crippen molar-refractivity contribution in [2.45, 2.75) is 64.5 Å². The van der Waals surface area contributed by atoms with Gasteiger partial charge >= 0.3 is 5.97 Å². The normalized spacial score (nSPS) is 33.6. The first-order chi connectivity index (χ1) is 12.9. The first-order valence-corrected chi connectivity index (χ1v) is 10.1. The Hall–Kier alpha value is -2.04. The maximum absolute atomic E-state index is 13.2. The fourth-order valence-corrected chi connectivity index (χ4v) is 6.24. The number of esters is 1. The summed E-state index contributed by atoms with van der Waals surface area (Å²) in [6.45, 7) is 4.34. The molecule has 4 saturated carbocycles. The second-order valence-electron chi connectivity index (χ2n) is 8.82. The van der Waals surface area contributed by atoms with E-state index in [2.05, 4.69) is 5.32 Å². The summed E-state index contributed by atoms with van der Waals surface area (Å²) in [6, 6.07) is 7.70. The summed E-state index contributed by atoms with van der Waals surface area (Å²) in [7, 11) is 0. The third-order valence-electron chi connectivity index (χ3n) is 6.57. The number of benzene rings is 1. The molecule has 27 heavy (non-hydrogen) atoms. The molecular formula is C22H29NO4. The lowest BCUT2D eigenvalue weighted by Crippen LogP contribution is -2.64. The molecule has 1 amide bonds. The molecule has 0 aromatic heterocycles. The molecule has 0 heterocycles. The van der Waals surface area contributed by atoms with Crippen molar-refractivity contribution < 1.29 is 19.1 Å². The van der Waals surface area contributed by atoms with Gasteiger partial charge in [0.15, 0.2) is 0 Å². The summed E-state index contributed by atoms with van der Waals surface area (Å²) >= 11 is 0. The van der Waals surface area contributed by atoms with E-state index in [0.29, 0.717) is 18.4 Å². The number of hydrogen-bond donors (Lipinski definition) is 1. The minimum Gasteiger partial charge on any atom is -0.493 e. The van der Waals surface area contributed by atoms with E-state index in [1.807, 2.05) is 31.2 Å². The van der Waals surface area contributed by atoms with Crippen LogP contribution in [0.2, 0.25) is 0 Å². The van der Waals surface area contributed by atoms with E-state index in [4.69, 9.17) is 9.47 Å². The van der Waals surface area contributed by atoms with Crippen LogP contribution in [-0.4, -0.2) is 24.0 Å². The van der Waals surface area contributed by atoms with Crippen molar-refractivity contribution in [1.29, 1.82) is 0 Å². The van der Waals surface area contributed by atoms with E-state index >= 15 is 0 Å². The van der Waals surface area contributed by atoms with E-state index in [1.165, 1.54) is 6.42 Å². The van der Waals surface area contributed by atoms with Crippen LogP contribution in [0.15, 0.2) is 24.3 Å². The van der Waals surface area contributed by atoms with Crippen LogP contribution in [0.25, 0.3) is 0 Å². The minimum absolute atomic E-state index is 0.00566. The Kier molecular flexibility index (Phi) is 4.65. The fourth-order valence-electron chi connectivity index (χ4n) is 6.24. The van der Waals surface area contributed by atoms with Gasteiger partial charge in [-0.2, -0.15) is 0 Å². The van der Waals surface area contributed by atoms with Gasteiger partial charge in [-0.05, 0) is 63.4 Å². The smallest absolute Gasteiger partial charge is 0.312 e. The van der Waals surface area contributed by atoms with Gasteiger partial charge in [-0.1, -0.05) is 18.2 Å². The third kappa shape index (κ3) is 3.44. The van der Waals surface area contributed by atoms with Crippen LogP contribution in [0.5, 0.6) is 5.75 Å². The van der Waals surface area contributed by atoms with Crippen LogP contribution in [0, 0.1) is 17.3 Å². The highest BCUT2D eigenvalue weighted by Gasteiger charge is 2.61. The molecule has 2 unspecified atom stereocenters. The molecule has 0 saturated heterocycles. The van der Waals surface area contributed by atoms with Crippen molar-refractivity contribution in [2.24, 2.45) is 17.3 Å². The maximum Gasteiger partial charge on any atom is 0.312 e. The molecule has 0 aliphatic heterocycles. The van der Waals surface area contributed by atoms with E-state index in [1.54, 1.807) is 6.92 Å². The largest absolute Gasteiger partial charge is 0.493 e. The van der Waals surface area contributed by atoms with Crippen LogP contribution < -0.4 is 10.1 Å². The van der Waals surface area contributed by atoms with Crippen molar-refractivity contribution in [3.05, 3.63) is 29.8 Å². The average Bonchev–Trinajstić information content (AvgIpc) is 2.58. The Morgan fingerprint density at radius 2 is 1.85 bits per heavy atom. The molecule has 0 radical (unpaired) electrons. The number of hydrogen-bond acceptors (Lipinski definition) is 4. The lowest BCUT2D eigenvalue weighted by atomic mass is 9.47. The van der Waals surface area contributed by atoms with Gasteiger partial charge in [0.05, 0.1) is 12.0 Å². The van der Waals surface area contributed by atoms with Crippen LogP contribution in [-0.2, 0) is 20.9 Å². The van der Waals surface area contributed by atoms with Crippen LogP contribution in [0.3, 0.4) is 0 Å². The summed E-state index contributed by atoms with van der Waals surface area (Å²) in [4.78, 5) is 25.0. The van der Waals surface area contributed by atoms with Gasteiger partial charge < -0.3 is 14.8 Å². The average molecular weight is 371 g/mol. The third-order valence-corrected chi connectivity index (χ3v) is 6.57. The summed E-state index contributed by atoms with van der Waals surface area (Å²) in [5.41, 5.74) is 0.250. The second-order valence-corrected chi connectivity index (χ2v) is 8.82. The maximum atomic E-state index is 13.2. The van der Waals surface area contributed by atoms with Crippen molar-refractivity contribution in [2.75, 3.05) is 6.61 Å². The monoisotopic (exact) mass is 371 g/mol. The molecule has 4 aliphatic rings. The number of amides is 1. The van der Waals surface area contributed by atoms with Gasteiger partial charge in [0.1, 0.15) is 12.4 Å². The summed E-state index contributed by atoms with van der Waals surface area (Å²) in [5, 5.41) is 3.20. The van der Waals surface area contributed by atoms with Gasteiger partial charge in [0, 0.05) is 18.0 Å². The van der Waals surface area contributed by atoms with Crippen molar-refractivity contribution in [3.8, 4) is 5.75 Å². The van der Waals surface area contributed by atoms with Crippen LogP contribution >= 0.6 is 0 Å². The van der Waals surface area contributed by atoms with Crippen molar-refractivity contribution >= 4 is 11.9 Å². The fraction of sp³-hybridized carbons (Fsp3) is 0.636. The summed E-state index contributed by atoms with van der Waals surface area (Å²) < 4.78 is 11.5. The van der Waals surface area contributed by atoms with E-state index in [9.17, 15) is 9.59 Å². The molecule has 1 N–H and O–H groups in total. The lowest BCUT2D eigenvalue weighted by molar-refractivity contribution is -0.177. The summed E-state index contributed by atoms with van der Waals surface area (Å²) in [5.74, 6) is 1.71. The van der Waals surface area contributed by atoms with Gasteiger partial charge in [-0.25, -0.2) is 0 Å². The molecule has 2 atom stereocenters. The Morgan fingerprint density at radius 3 is 2.52 bits per heavy atom. The van der Waals surface area contributed by atoms with Crippen molar-refractivity contribution in [1.82, 2.24) is 5.32 Å². The highest BCUT2D eigenvalue weighted by Crippen LogP contribution is 2.62. The van der Waals surface area contributed by atoms with Gasteiger partial charge in [0.25, 0.3) is 0 Å². The van der Waals surface area contributed by atoms with E-state index in [-0.39, 0.29) is 24.0 Å². The number of rotatable bonds is 6. The highest BCUT2D eigenvalue weighted by atomic mass is 16.5. The Balaban J connectivity index is 1.49. The van der Waals surface area contributed by atoms with Gasteiger partial charge in [0.2, 0.25) is 5.91 Å². The van der Waals surface area contributed by atoms with Gasteiger partial charge in [-0.3, -0.25) is 9.59 Å². The zero-order valence-electron chi connectivity index (χ0n) is 16.3. The zero-order chi connectivity index (χ0) is 19.1. The van der Waals surface area contributed by atoms with Crippen LogP contribution in [0.4, 0.5) is 0 Å². The molecule has 1 aromatic carbocycles. The predicted molar refractivity (Wildman–Crippen MR) is 101 cm³/mol. The SMILES string of the molecule is CCOc1ccccc1COC(=O)C12CC3CC(CC(NC(C)=O)(C3)C1)C2. The first-order valence-electron chi connectivity index (χ1n) is 10.1. The molecular weight excluding hydrogens is 342 g/mol. The Bertz CT molecular complexity index is 730. The van der Waals surface area contributed by atoms with E-state index < -0.39 is 5.41 Å². The van der Waals surface area contributed by atoms with E-state index in [0.717, 1.165) is 43.4 Å². The molecule has 5 rings (SSSR count). The first kappa shape index (κ1) is 18.3. The highest BCUT2D eigenvalue weighted by molar-refractivity contribution is 5.79. The molecule has 0 spiro atoms. The molecule has 4 bridgehead atoms. The number of nitrogens with one attached hydrogen (secondary N) is 1. The minimum atomic E-state index is -0.437. The predicted octanol–water partition coefficient (Wildman–Crippen LogP) is 3.60. The Labute approximate surface area is 160 Å². The molecule has 5 heteroatoms. The zero-order valence-corrected chi connectivity index (χ0v) is 16.3. The number of carbonyl (C=O) groups excluding carboxylic acids is 2. The molecule has 5 nitrogen and oxygen atoms in total. The van der Waals surface area contributed by atoms with Crippen LogP contribution in [0.1, 0.15) is 57.9 Å². The van der Waals surface area contributed by atoms with Gasteiger partial charge in [-0.15, -0.1) is 0 Å². The molecule has 4 fully saturated rings. The number of ether oxygens (including phenoxy) is 2. The quantitative estimate of drug-likeness (QED) is 0.776. The molecule has 146 valence electrons. The van der Waals surface area contributed by atoms with Crippen molar-refractivity contribution in [3.63, 3.8) is 0 Å². The molecule has 1 aromatic rings. The molecule has 4 aliphatic carbocycles.